The van der Waals surface area contributed by atoms with E-state index >= 15 is 0 Å². The Bertz CT molecular complexity index is 654. The van der Waals surface area contributed by atoms with E-state index in [0.717, 1.165) is 12.7 Å². The van der Waals surface area contributed by atoms with Gasteiger partial charge in [-0.25, -0.2) is 0 Å². The number of carbonyl (C=O) groups excluding carboxylic acids is 2. The number of aldehydes is 1. The monoisotopic (exact) mass is 328 g/mol. The van der Waals surface area contributed by atoms with Gasteiger partial charge in [0.2, 0.25) is 0 Å². The quantitative estimate of drug-likeness (QED) is 0.346. The highest BCUT2D eigenvalue weighted by Crippen LogP contribution is 2.47. The van der Waals surface area contributed by atoms with Crippen molar-refractivity contribution in [3.63, 3.8) is 0 Å². The number of hydrogen-bond acceptors (Lipinski definition) is 4. The molecule has 0 unspecified atom stereocenters. The lowest BCUT2D eigenvalue weighted by Crippen LogP contribution is -2.19. The summed E-state index contributed by atoms with van der Waals surface area (Å²) in [5.41, 5.74) is 2.19. The summed E-state index contributed by atoms with van der Waals surface area (Å²) in [6, 6.07) is 4.90. The van der Waals surface area contributed by atoms with Crippen LogP contribution in [-0.2, 0) is 4.79 Å². The molecule has 3 rings (SSSR count). The number of hydrogen-bond donors (Lipinski definition) is 0. The predicted octanol–water partition coefficient (Wildman–Crippen LogP) is 4.47. The van der Waals surface area contributed by atoms with Gasteiger partial charge in [0, 0.05) is 12.5 Å². The third-order valence-corrected chi connectivity index (χ3v) is 5.05. The molecule has 0 aromatic heterocycles. The number of rotatable bonds is 5. The van der Waals surface area contributed by atoms with Crippen LogP contribution in [0, 0.1) is 5.41 Å². The van der Waals surface area contributed by atoms with E-state index in [4.69, 9.17) is 9.47 Å². The highest BCUT2D eigenvalue weighted by atomic mass is 16.6. The molecule has 0 N–H and O–H groups in total. The number of carbonyl (C=O) groups is 2. The largest absolute Gasteiger partial charge is 0.485 e. The Hall–Kier alpha value is -2.10. The lowest BCUT2D eigenvalue weighted by molar-refractivity contribution is -0.132. The first-order valence-corrected chi connectivity index (χ1v) is 8.71. The summed E-state index contributed by atoms with van der Waals surface area (Å²) in [6.07, 6.45) is 12.0. The fourth-order valence-corrected chi connectivity index (χ4v) is 3.95. The summed E-state index contributed by atoms with van der Waals surface area (Å²) in [4.78, 5) is 22.2. The van der Waals surface area contributed by atoms with E-state index in [-0.39, 0.29) is 0 Å². The Labute approximate surface area is 142 Å². The van der Waals surface area contributed by atoms with Gasteiger partial charge in [-0.15, -0.1) is 0 Å². The zero-order chi connectivity index (χ0) is 17.0. The summed E-state index contributed by atoms with van der Waals surface area (Å²) in [7, 11) is 0. The normalized spacial score (nSPS) is 19.0. The van der Waals surface area contributed by atoms with Crippen molar-refractivity contribution in [1.82, 2.24) is 0 Å². The van der Waals surface area contributed by atoms with Crippen molar-refractivity contribution in [1.29, 1.82) is 0 Å². The number of allylic oxidation sites excluding steroid dienone is 1. The maximum absolute atomic E-state index is 11.3. The van der Waals surface area contributed by atoms with Gasteiger partial charge in [-0.05, 0) is 61.3 Å². The van der Waals surface area contributed by atoms with Gasteiger partial charge in [0.15, 0.2) is 11.5 Å². The van der Waals surface area contributed by atoms with Crippen LogP contribution in [0.2, 0.25) is 0 Å². The van der Waals surface area contributed by atoms with Gasteiger partial charge in [0.1, 0.15) is 12.9 Å². The molecular formula is C20H24O4. The van der Waals surface area contributed by atoms with Gasteiger partial charge in [0.05, 0.1) is 0 Å². The van der Waals surface area contributed by atoms with E-state index < -0.39 is 5.97 Å². The van der Waals surface area contributed by atoms with Gasteiger partial charge < -0.3 is 9.47 Å². The van der Waals surface area contributed by atoms with Crippen molar-refractivity contribution in [2.24, 2.45) is 5.41 Å². The van der Waals surface area contributed by atoms with Crippen LogP contribution in [0.4, 0.5) is 0 Å². The van der Waals surface area contributed by atoms with Gasteiger partial charge in [-0.2, -0.15) is 0 Å². The molecule has 0 saturated heterocycles. The van der Waals surface area contributed by atoms with E-state index in [0.29, 0.717) is 29.1 Å². The van der Waals surface area contributed by atoms with Crippen LogP contribution in [0.5, 0.6) is 11.5 Å². The molecule has 1 aromatic rings. The second-order valence-electron chi connectivity index (χ2n) is 6.93. The molecule has 2 aliphatic rings. The number of esters is 1. The molecular weight excluding hydrogens is 304 g/mol. The van der Waals surface area contributed by atoms with E-state index in [1.807, 2.05) is 0 Å². The first-order valence-electron chi connectivity index (χ1n) is 8.71. The van der Waals surface area contributed by atoms with Crippen LogP contribution in [0.25, 0.3) is 0 Å². The van der Waals surface area contributed by atoms with E-state index in [1.165, 1.54) is 57.1 Å². The summed E-state index contributed by atoms with van der Waals surface area (Å²) >= 11 is 0. The molecule has 1 fully saturated rings. The predicted molar refractivity (Wildman–Crippen MR) is 91.5 cm³/mol. The molecule has 0 radical (unpaired) electrons. The van der Waals surface area contributed by atoms with Crippen LogP contribution in [-0.4, -0.2) is 18.9 Å². The Balaban J connectivity index is 1.72. The highest BCUT2D eigenvalue weighted by molar-refractivity contribution is 5.78. The molecule has 1 saturated carbocycles. The van der Waals surface area contributed by atoms with E-state index in [9.17, 15) is 9.59 Å². The van der Waals surface area contributed by atoms with Crippen LogP contribution < -0.4 is 9.47 Å². The molecule has 1 aromatic carbocycles. The van der Waals surface area contributed by atoms with Crippen molar-refractivity contribution in [3.8, 4) is 11.5 Å². The molecule has 0 bridgehead atoms. The summed E-state index contributed by atoms with van der Waals surface area (Å²) in [6.45, 7) is 1.85. The van der Waals surface area contributed by atoms with Gasteiger partial charge >= 0.3 is 5.97 Å². The summed E-state index contributed by atoms with van der Waals surface area (Å²) < 4.78 is 11.1. The van der Waals surface area contributed by atoms with Gasteiger partial charge in [-0.3, -0.25) is 9.59 Å². The fourth-order valence-electron chi connectivity index (χ4n) is 3.95. The van der Waals surface area contributed by atoms with Crippen LogP contribution >= 0.6 is 0 Å². The minimum atomic E-state index is -0.426. The lowest BCUT2D eigenvalue weighted by Gasteiger charge is -2.31. The standard InChI is InChI=1S/C20H24O4/c1-15(22)24-19-11-16(13-21)6-7-18(19)23-14-17-5-4-10-20(12-17)8-2-3-9-20/h6-7,11-13H,2-5,8-10,14H2,1H3. The smallest absolute Gasteiger partial charge is 0.308 e. The van der Waals surface area contributed by atoms with Crippen molar-refractivity contribution in [3.05, 3.63) is 35.4 Å². The summed E-state index contributed by atoms with van der Waals surface area (Å²) in [5, 5.41) is 0. The van der Waals surface area contributed by atoms with Crippen molar-refractivity contribution >= 4 is 12.3 Å². The van der Waals surface area contributed by atoms with E-state index in [1.54, 1.807) is 12.1 Å². The zero-order valence-electron chi connectivity index (χ0n) is 14.2. The molecule has 2 aliphatic carbocycles. The van der Waals surface area contributed by atoms with Crippen molar-refractivity contribution in [2.45, 2.75) is 51.9 Å². The highest BCUT2D eigenvalue weighted by Gasteiger charge is 2.33. The summed E-state index contributed by atoms with van der Waals surface area (Å²) in [5.74, 6) is 0.381. The van der Waals surface area contributed by atoms with Crippen molar-refractivity contribution in [2.75, 3.05) is 6.61 Å². The second kappa shape index (κ2) is 7.20. The Kier molecular flexibility index (Phi) is 5.03. The molecule has 0 amide bonds. The Morgan fingerprint density at radius 3 is 2.62 bits per heavy atom. The van der Waals surface area contributed by atoms with Crippen LogP contribution in [0.1, 0.15) is 62.2 Å². The molecule has 24 heavy (non-hydrogen) atoms. The molecule has 4 heteroatoms. The average molecular weight is 328 g/mol. The van der Waals surface area contributed by atoms with Crippen molar-refractivity contribution < 1.29 is 19.1 Å². The third kappa shape index (κ3) is 3.86. The maximum atomic E-state index is 11.3. The van der Waals surface area contributed by atoms with Crippen LogP contribution in [0.3, 0.4) is 0 Å². The molecule has 0 aliphatic heterocycles. The molecule has 1 spiro atoms. The van der Waals surface area contributed by atoms with Gasteiger partial charge in [-0.1, -0.05) is 18.9 Å². The number of benzene rings is 1. The lowest BCUT2D eigenvalue weighted by atomic mass is 9.75. The topological polar surface area (TPSA) is 52.6 Å². The molecule has 0 heterocycles. The SMILES string of the molecule is CC(=O)Oc1cc(C=O)ccc1OCC1=CC2(CCCC2)CCC1. The Morgan fingerprint density at radius 1 is 1.17 bits per heavy atom. The molecule has 0 atom stereocenters. The van der Waals surface area contributed by atoms with Gasteiger partial charge in [0.25, 0.3) is 0 Å². The first kappa shape index (κ1) is 16.7. The van der Waals surface area contributed by atoms with Crippen LogP contribution in [0.15, 0.2) is 29.8 Å². The molecule has 4 nitrogen and oxygen atoms in total. The first-order chi connectivity index (χ1) is 11.6. The maximum Gasteiger partial charge on any atom is 0.308 e. The second-order valence-corrected chi connectivity index (χ2v) is 6.93. The molecule has 128 valence electrons. The minimum Gasteiger partial charge on any atom is -0.485 e. The average Bonchev–Trinajstić information content (AvgIpc) is 3.00. The zero-order valence-corrected chi connectivity index (χ0v) is 14.2. The van der Waals surface area contributed by atoms with E-state index in [2.05, 4.69) is 6.08 Å². The third-order valence-electron chi connectivity index (χ3n) is 5.05. The fraction of sp³-hybridized carbons (Fsp3) is 0.500. The number of ether oxygens (including phenoxy) is 2. The Morgan fingerprint density at radius 2 is 1.92 bits per heavy atom. The minimum absolute atomic E-state index is 0.305.